The summed E-state index contributed by atoms with van der Waals surface area (Å²) in [4.78, 5) is 16.7. The number of aromatic nitrogens is 4. The number of hydrogen-bond donors (Lipinski definition) is 1. The number of nitrogens with zero attached hydrogens (tertiary/aromatic N) is 4. The van der Waals surface area contributed by atoms with Gasteiger partial charge in [0.1, 0.15) is 13.2 Å². The Bertz CT molecular complexity index is 1250. The molecule has 2 aromatic heterocycles. The molecule has 5 rings (SSSR count). The van der Waals surface area contributed by atoms with Gasteiger partial charge in [-0.05, 0) is 36.4 Å². The van der Waals surface area contributed by atoms with Crippen molar-refractivity contribution < 1.29 is 14.3 Å². The van der Waals surface area contributed by atoms with E-state index in [9.17, 15) is 4.79 Å². The van der Waals surface area contributed by atoms with Crippen LogP contribution in [0.4, 0.5) is 5.69 Å². The molecule has 0 aliphatic carbocycles. The molecule has 1 N–H and O–H groups in total. The fraction of sp³-hybridized carbons (Fsp3) is 0.167. The van der Waals surface area contributed by atoms with E-state index in [0.29, 0.717) is 53.6 Å². The number of para-hydroxylation sites is 1. The van der Waals surface area contributed by atoms with Gasteiger partial charge in [0.2, 0.25) is 5.91 Å². The minimum absolute atomic E-state index is 0.0857. The summed E-state index contributed by atoms with van der Waals surface area (Å²) in [6, 6.07) is 19.1. The van der Waals surface area contributed by atoms with E-state index in [-0.39, 0.29) is 5.91 Å². The van der Waals surface area contributed by atoms with Crippen molar-refractivity contribution in [3.63, 3.8) is 0 Å². The second kappa shape index (κ2) is 9.74. The molecule has 1 aliphatic heterocycles. The summed E-state index contributed by atoms with van der Waals surface area (Å²) >= 11 is 1.48. The van der Waals surface area contributed by atoms with Crippen molar-refractivity contribution in [1.29, 1.82) is 0 Å². The highest BCUT2D eigenvalue weighted by molar-refractivity contribution is 7.99. The van der Waals surface area contributed by atoms with E-state index in [1.54, 1.807) is 24.5 Å². The molecule has 0 spiro atoms. The van der Waals surface area contributed by atoms with Gasteiger partial charge in [0, 0.05) is 47.6 Å². The van der Waals surface area contributed by atoms with Crippen LogP contribution in [0.3, 0.4) is 0 Å². The molecule has 3 heterocycles. The molecule has 4 aromatic rings. The quantitative estimate of drug-likeness (QED) is 0.414. The van der Waals surface area contributed by atoms with Crippen molar-refractivity contribution >= 4 is 23.4 Å². The Labute approximate surface area is 195 Å². The number of amides is 1. The molecular formula is C24H21N5O3S. The van der Waals surface area contributed by atoms with Crippen LogP contribution in [0.2, 0.25) is 0 Å². The van der Waals surface area contributed by atoms with E-state index in [2.05, 4.69) is 20.5 Å². The van der Waals surface area contributed by atoms with Gasteiger partial charge in [-0.2, -0.15) is 0 Å². The third-order valence-corrected chi connectivity index (χ3v) is 5.88. The Morgan fingerprint density at radius 2 is 1.85 bits per heavy atom. The SMILES string of the molecule is O=C(CCSc1nnc(-c2cccnc2)n1-c1ccccc1)Nc1ccc2c(c1)OCCO2. The minimum atomic E-state index is -0.0857. The third-order valence-electron chi connectivity index (χ3n) is 4.95. The molecule has 0 fully saturated rings. The van der Waals surface area contributed by atoms with Crippen LogP contribution in [0.15, 0.2) is 78.2 Å². The van der Waals surface area contributed by atoms with Gasteiger partial charge in [-0.25, -0.2) is 0 Å². The fourth-order valence-corrected chi connectivity index (χ4v) is 4.32. The van der Waals surface area contributed by atoms with Crippen LogP contribution in [-0.2, 0) is 4.79 Å². The molecule has 2 aromatic carbocycles. The molecule has 33 heavy (non-hydrogen) atoms. The first-order valence-electron chi connectivity index (χ1n) is 10.5. The Morgan fingerprint density at radius 1 is 1.00 bits per heavy atom. The van der Waals surface area contributed by atoms with Crippen molar-refractivity contribution in [3.05, 3.63) is 73.1 Å². The van der Waals surface area contributed by atoms with Gasteiger partial charge in [0.25, 0.3) is 0 Å². The smallest absolute Gasteiger partial charge is 0.225 e. The highest BCUT2D eigenvalue weighted by atomic mass is 32.2. The highest BCUT2D eigenvalue weighted by Crippen LogP contribution is 2.33. The van der Waals surface area contributed by atoms with Crippen LogP contribution in [0, 0.1) is 0 Å². The number of fused-ring (bicyclic) bond motifs is 1. The van der Waals surface area contributed by atoms with Crippen LogP contribution in [0.5, 0.6) is 11.5 Å². The number of pyridine rings is 1. The average molecular weight is 460 g/mol. The predicted octanol–water partition coefficient (Wildman–Crippen LogP) is 4.22. The van der Waals surface area contributed by atoms with Crippen molar-refractivity contribution in [1.82, 2.24) is 19.7 Å². The van der Waals surface area contributed by atoms with E-state index >= 15 is 0 Å². The first kappa shape index (κ1) is 21.0. The summed E-state index contributed by atoms with van der Waals surface area (Å²) in [6.45, 7) is 1.04. The Kier molecular flexibility index (Phi) is 6.21. The molecule has 0 radical (unpaired) electrons. The molecule has 1 amide bonds. The number of hydrogen-bond acceptors (Lipinski definition) is 7. The van der Waals surface area contributed by atoms with Crippen molar-refractivity contribution in [2.24, 2.45) is 0 Å². The molecule has 166 valence electrons. The van der Waals surface area contributed by atoms with Gasteiger partial charge in [-0.3, -0.25) is 14.3 Å². The number of anilines is 1. The predicted molar refractivity (Wildman–Crippen MR) is 126 cm³/mol. The first-order valence-corrected chi connectivity index (χ1v) is 11.5. The maximum absolute atomic E-state index is 12.5. The lowest BCUT2D eigenvalue weighted by Gasteiger charge is -2.19. The Balaban J connectivity index is 1.27. The zero-order valence-electron chi connectivity index (χ0n) is 17.7. The van der Waals surface area contributed by atoms with Gasteiger partial charge in [0.05, 0.1) is 0 Å². The van der Waals surface area contributed by atoms with Crippen LogP contribution < -0.4 is 14.8 Å². The number of rotatable bonds is 7. The molecule has 0 saturated carbocycles. The minimum Gasteiger partial charge on any atom is -0.486 e. The third kappa shape index (κ3) is 4.83. The van der Waals surface area contributed by atoms with Crippen LogP contribution in [0.1, 0.15) is 6.42 Å². The van der Waals surface area contributed by atoms with Gasteiger partial charge in [0.15, 0.2) is 22.5 Å². The molecule has 0 atom stereocenters. The molecule has 0 unspecified atom stereocenters. The van der Waals surface area contributed by atoms with E-state index in [1.165, 1.54) is 11.8 Å². The summed E-state index contributed by atoms with van der Waals surface area (Å²) in [5.74, 6) is 2.51. The molecular weight excluding hydrogens is 438 g/mol. The Morgan fingerprint density at radius 3 is 2.67 bits per heavy atom. The van der Waals surface area contributed by atoms with Gasteiger partial charge in [-0.15, -0.1) is 10.2 Å². The molecule has 8 nitrogen and oxygen atoms in total. The van der Waals surface area contributed by atoms with E-state index < -0.39 is 0 Å². The summed E-state index contributed by atoms with van der Waals surface area (Å²) in [5.41, 5.74) is 2.50. The van der Waals surface area contributed by atoms with Crippen LogP contribution in [0.25, 0.3) is 17.1 Å². The lowest BCUT2D eigenvalue weighted by Crippen LogP contribution is -2.16. The van der Waals surface area contributed by atoms with Crippen LogP contribution in [-0.4, -0.2) is 44.6 Å². The maximum atomic E-state index is 12.5. The lowest BCUT2D eigenvalue weighted by atomic mass is 10.2. The summed E-state index contributed by atoms with van der Waals surface area (Å²) < 4.78 is 13.1. The normalized spacial score (nSPS) is 12.4. The number of carbonyl (C=O) groups excluding carboxylic acids is 1. The highest BCUT2D eigenvalue weighted by Gasteiger charge is 2.17. The topological polar surface area (TPSA) is 91.2 Å². The van der Waals surface area contributed by atoms with Gasteiger partial charge in [-0.1, -0.05) is 30.0 Å². The van der Waals surface area contributed by atoms with E-state index in [0.717, 1.165) is 11.3 Å². The zero-order chi connectivity index (χ0) is 22.5. The maximum Gasteiger partial charge on any atom is 0.225 e. The average Bonchev–Trinajstić information content (AvgIpc) is 3.29. The van der Waals surface area contributed by atoms with Crippen molar-refractivity contribution in [3.8, 4) is 28.6 Å². The number of thioether (sulfide) groups is 1. The molecule has 9 heteroatoms. The fourth-order valence-electron chi connectivity index (χ4n) is 3.43. The number of ether oxygens (including phenoxy) is 2. The van der Waals surface area contributed by atoms with E-state index in [1.807, 2.05) is 53.1 Å². The second-order valence-electron chi connectivity index (χ2n) is 7.22. The monoisotopic (exact) mass is 459 g/mol. The van der Waals surface area contributed by atoms with Crippen molar-refractivity contribution in [2.75, 3.05) is 24.3 Å². The van der Waals surface area contributed by atoms with Crippen molar-refractivity contribution in [2.45, 2.75) is 11.6 Å². The summed E-state index contributed by atoms with van der Waals surface area (Å²) in [5, 5.41) is 12.4. The first-order chi connectivity index (χ1) is 16.3. The largest absolute Gasteiger partial charge is 0.486 e. The summed E-state index contributed by atoms with van der Waals surface area (Å²) in [7, 11) is 0. The molecule has 0 bridgehead atoms. The second-order valence-corrected chi connectivity index (χ2v) is 8.29. The van der Waals surface area contributed by atoms with E-state index in [4.69, 9.17) is 9.47 Å². The number of carbonyl (C=O) groups is 1. The van der Waals surface area contributed by atoms with Gasteiger partial charge >= 0.3 is 0 Å². The Hall–Kier alpha value is -3.85. The number of benzene rings is 2. The molecule has 0 saturated heterocycles. The summed E-state index contributed by atoms with van der Waals surface area (Å²) in [6.07, 6.45) is 3.81. The molecule has 1 aliphatic rings. The number of nitrogens with one attached hydrogen (secondary N) is 1. The van der Waals surface area contributed by atoms with Gasteiger partial charge < -0.3 is 14.8 Å². The van der Waals surface area contributed by atoms with Crippen LogP contribution >= 0.6 is 11.8 Å². The lowest BCUT2D eigenvalue weighted by molar-refractivity contribution is -0.115. The standard InChI is InChI=1S/C24H21N5O3S/c30-22(26-18-8-9-20-21(15-18)32-13-12-31-20)10-14-33-24-28-27-23(17-5-4-11-25-16-17)29(24)19-6-2-1-3-7-19/h1-9,11,15-16H,10,12-14H2,(H,26,30). The zero-order valence-corrected chi connectivity index (χ0v) is 18.5.